The Morgan fingerprint density at radius 3 is 3.20 bits per heavy atom. The van der Waals surface area contributed by atoms with Crippen molar-refractivity contribution in [3.8, 4) is 0 Å². The monoisotopic (exact) mass is 278 g/mol. The molecule has 1 N–H and O–H groups in total. The number of ether oxygens (including phenoxy) is 2. The first-order valence-electron chi connectivity index (χ1n) is 6.79. The summed E-state index contributed by atoms with van der Waals surface area (Å²) in [5.41, 5.74) is 0.996. The molecule has 1 saturated heterocycles. The van der Waals surface area contributed by atoms with Gasteiger partial charge >= 0.3 is 0 Å². The molecule has 1 fully saturated rings. The molecule has 2 heterocycles. The van der Waals surface area contributed by atoms with Crippen molar-refractivity contribution in [1.29, 1.82) is 0 Å². The lowest BCUT2D eigenvalue weighted by Crippen LogP contribution is -2.51. The second kappa shape index (κ2) is 7.81. The number of aliphatic imine (C=N–C) groups is 1. The number of nitrogens with one attached hydrogen (secondary N) is 1. The van der Waals surface area contributed by atoms with Gasteiger partial charge in [0.15, 0.2) is 5.96 Å². The lowest BCUT2D eigenvalue weighted by atomic mass is 10.3. The Morgan fingerprint density at radius 1 is 1.60 bits per heavy atom. The average Bonchev–Trinajstić information content (AvgIpc) is 2.50. The normalized spacial score (nSPS) is 20.0. The molecule has 1 atom stereocenters. The highest BCUT2D eigenvalue weighted by atomic mass is 16.5. The molecule has 20 heavy (non-hydrogen) atoms. The van der Waals surface area contributed by atoms with Crippen LogP contribution in [0.4, 0.5) is 0 Å². The van der Waals surface area contributed by atoms with Crippen LogP contribution >= 0.6 is 0 Å². The van der Waals surface area contributed by atoms with E-state index < -0.39 is 0 Å². The lowest BCUT2D eigenvalue weighted by molar-refractivity contribution is -0.0447. The van der Waals surface area contributed by atoms with Gasteiger partial charge in [-0.25, -0.2) is 0 Å². The largest absolute Gasteiger partial charge is 0.382 e. The quantitative estimate of drug-likeness (QED) is 0.642. The predicted octanol–water partition coefficient (Wildman–Crippen LogP) is 0.504. The number of aromatic nitrogens is 1. The minimum absolute atomic E-state index is 0.0992. The molecular formula is C14H22N4O2. The van der Waals surface area contributed by atoms with Gasteiger partial charge in [-0.3, -0.25) is 9.98 Å². The fourth-order valence-corrected chi connectivity index (χ4v) is 2.20. The van der Waals surface area contributed by atoms with E-state index in [2.05, 4.69) is 20.2 Å². The number of rotatable bonds is 4. The SMILES string of the molecule is CN=C(NCc1ccccn1)N1CCOC(COC)C1. The Bertz CT molecular complexity index is 422. The molecule has 0 bridgehead atoms. The van der Waals surface area contributed by atoms with Gasteiger partial charge in [-0.15, -0.1) is 0 Å². The Hall–Kier alpha value is -1.66. The van der Waals surface area contributed by atoms with Crippen LogP contribution in [0.5, 0.6) is 0 Å². The number of methoxy groups -OCH3 is 1. The van der Waals surface area contributed by atoms with Crippen LogP contribution in [-0.2, 0) is 16.0 Å². The summed E-state index contributed by atoms with van der Waals surface area (Å²) in [5, 5.41) is 3.34. The smallest absolute Gasteiger partial charge is 0.194 e. The number of hydrogen-bond donors (Lipinski definition) is 1. The Kier molecular flexibility index (Phi) is 5.76. The van der Waals surface area contributed by atoms with E-state index in [1.54, 1.807) is 20.4 Å². The van der Waals surface area contributed by atoms with Gasteiger partial charge in [-0.1, -0.05) is 6.07 Å². The Labute approximate surface area is 119 Å². The highest BCUT2D eigenvalue weighted by molar-refractivity contribution is 5.79. The van der Waals surface area contributed by atoms with Crippen LogP contribution in [0.3, 0.4) is 0 Å². The number of pyridine rings is 1. The molecule has 0 amide bonds. The summed E-state index contributed by atoms with van der Waals surface area (Å²) in [6, 6.07) is 5.89. The fraction of sp³-hybridized carbons (Fsp3) is 0.571. The highest BCUT2D eigenvalue weighted by Crippen LogP contribution is 2.06. The molecule has 2 rings (SSSR count). The van der Waals surface area contributed by atoms with Crippen molar-refractivity contribution in [3.63, 3.8) is 0 Å². The molecule has 0 aromatic carbocycles. The maximum absolute atomic E-state index is 5.64. The van der Waals surface area contributed by atoms with Crippen molar-refractivity contribution < 1.29 is 9.47 Å². The van der Waals surface area contributed by atoms with Gasteiger partial charge in [0.25, 0.3) is 0 Å². The van der Waals surface area contributed by atoms with Gasteiger partial charge in [-0.2, -0.15) is 0 Å². The molecule has 0 spiro atoms. The summed E-state index contributed by atoms with van der Waals surface area (Å²) in [7, 11) is 3.48. The molecule has 6 heteroatoms. The summed E-state index contributed by atoms with van der Waals surface area (Å²) in [5.74, 6) is 0.875. The first kappa shape index (κ1) is 14.7. The average molecular weight is 278 g/mol. The third-order valence-corrected chi connectivity index (χ3v) is 3.16. The molecule has 1 aromatic rings. The van der Waals surface area contributed by atoms with E-state index in [1.807, 2.05) is 18.2 Å². The van der Waals surface area contributed by atoms with Crippen LogP contribution in [-0.4, -0.2) is 62.4 Å². The van der Waals surface area contributed by atoms with Crippen molar-refractivity contribution in [2.24, 2.45) is 4.99 Å². The van der Waals surface area contributed by atoms with Crippen LogP contribution in [0, 0.1) is 0 Å². The highest BCUT2D eigenvalue weighted by Gasteiger charge is 2.22. The van der Waals surface area contributed by atoms with Crippen molar-refractivity contribution in [3.05, 3.63) is 30.1 Å². The Balaban J connectivity index is 1.88. The maximum Gasteiger partial charge on any atom is 0.194 e. The van der Waals surface area contributed by atoms with Crippen LogP contribution in [0.25, 0.3) is 0 Å². The van der Waals surface area contributed by atoms with Gasteiger partial charge in [0.1, 0.15) is 0 Å². The first-order chi connectivity index (χ1) is 9.83. The van der Waals surface area contributed by atoms with E-state index in [1.165, 1.54) is 0 Å². The molecule has 0 saturated carbocycles. The van der Waals surface area contributed by atoms with Gasteiger partial charge in [0.2, 0.25) is 0 Å². The van der Waals surface area contributed by atoms with Gasteiger partial charge < -0.3 is 19.7 Å². The van der Waals surface area contributed by atoms with E-state index in [9.17, 15) is 0 Å². The second-order valence-corrected chi connectivity index (χ2v) is 4.62. The molecule has 110 valence electrons. The predicted molar refractivity (Wildman–Crippen MR) is 77.6 cm³/mol. The zero-order valence-corrected chi connectivity index (χ0v) is 12.1. The summed E-state index contributed by atoms with van der Waals surface area (Å²) in [6.07, 6.45) is 1.89. The van der Waals surface area contributed by atoms with Crippen LogP contribution in [0.15, 0.2) is 29.4 Å². The summed E-state index contributed by atoms with van der Waals surface area (Å²) < 4.78 is 10.8. The van der Waals surface area contributed by atoms with Crippen LogP contribution < -0.4 is 5.32 Å². The molecule has 1 aliphatic heterocycles. The zero-order chi connectivity index (χ0) is 14.2. The maximum atomic E-state index is 5.64. The van der Waals surface area contributed by atoms with Crippen LogP contribution in [0.1, 0.15) is 5.69 Å². The number of guanidine groups is 1. The third kappa shape index (κ3) is 4.18. The van der Waals surface area contributed by atoms with E-state index in [4.69, 9.17) is 9.47 Å². The van der Waals surface area contributed by atoms with E-state index in [0.29, 0.717) is 19.8 Å². The number of morpholine rings is 1. The van der Waals surface area contributed by atoms with Crippen molar-refractivity contribution in [2.75, 3.05) is 40.5 Å². The lowest BCUT2D eigenvalue weighted by Gasteiger charge is -2.34. The summed E-state index contributed by atoms with van der Waals surface area (Å²) in [4.78, 5) is 10.8. The standard InChI is InChI=1S/C14H22N4O2/c1-15-14(17-9-12-5-3-4-6-16-12)18-7-8-20-13(10-18)11-19-2/h3-6,13H,7-11H2,1-2H3,(H,15,17). The van der Waals surface area contributed by atoms with E-state index in [-0.39, 0.29) is 6.10 Å². The zero-order valence-electron chi connectivity index (χ0n) is 12.1. The van der Waals surface area contributed by atoms with Gasteiger partial charge in [-0.05, 0) is 12.1 Å². The molecule has 6 nitrogen and oxygen atoms in total. The number of nitrogens with zero attached hydrogens (tertiary/aromatic N) is 3. The van der Waals surface area contributed by atoms with Crippen molar-refractivity contribution in [2.45, 2.75) is 12.6 Å². The molecule has 1 aromatic heterocycles. The van der Waals surface area contributed by atoms with Crippen molar-refractivity contribution in [1.82, 2.24) is 15.2 Å². The molecule has 0 radical (unpaired) electrons. The van der Waals surface area contributed by atoms with E-state index in [0.717, 1.165) is 24.7 Å². The van der Waals surface area contributed by atoms with Crippen LogP contribution in [0.2, 0.25) is 0 Å². The first-order valence-corrected chi connectivity index (χ1v) is 6.79. The van der Waals surface area contributed by atoms with Crippen molar-refractivity contribution >= 4 is 5.96 Å². The fourth-order valence-electron chi connectivity index (χ4n) is 2.20. The second-order valence-electron chi connectivity index (χ2n) is 4.62. The summed E-state index contributed by atoms with van der Waals surface area (Å²) in [6.45, 7) is 3.59. The summed E-state index contributed by atoms with van der Waals surface area (Å²) >= 11 is 0. The molecule has 0 aliphatic carbocycles. The molecule has 1 unspecified atom stereocenters. The third-order valence-electron chi connectivity index (χ3n) is 3.16. The Morgan fingerprint density at radius 2 is 2.50 bits per heavy atom. The van der Waals surface area contributed by atoms with Gasteiger partial charge in [0, 0.05) is 33.4 Å². The number of hydrogen-bond acceptors (Lipinski definition) is 4. The van der Waals surface area contributed by atoms with Gasteiger partial charge in [0.05, 0.1) is 31.6 Å². The molecule has 1 aliphatic rings. The topological polar surface area (TPSA) is 59.0 Å². The van der Waals surface area contributed by atoms with E-state index >= 15 is 0 Å². The minimum Gasteiger partial charge on any atom is -0.382 e. The molecular weight excluding hydrogens is 256 g/mol. The minimum atomic E-state index is 0.0992.